The zero-order chi connectivity index (χ0) is 22.9. The highest BCUT2D eigenvalue weighted by atomic mass is 16.3. The average molecular weight is 418 g/mol. The van der Waals surface area contributed by atoms with Gasteiger partial charge in [0.15, 0.2) is 11.6 Å². The van der Waals surface area contributed by atoms with Gasteiger partial charge in [-0.25, -0.2) is 0 Å². The van der Waals surface area contributed by atoms with Crippen LogP contribution in [0.1, 0.15) is 65.1 Å². The van der Waals surface area contributed by atoms with Gasteiger partial charge in [-0.2, -0.15) is 0 Å². The molecule has 0 saturated heterocycles. The van der Waals surface area contributed by atoms with Gasteiger partial charge in [0.05, 0.1) is 5.56 Å². The van der Waals surface area contributed by atoms with Crippen molar-refractivity contribution in [3.8, 4) is 17.2 Å². The van der Waals surface area contributed by atoms with Gasteiger partial charge >= 0.3 is 0 Å². The number of ketones is 2. The van der Waals surface area contributed by atoms with Crippen molar-refractivity contribution < 1.29 is 24.9 Å². The van der Waals surface area contributed by atoms with Crippen LogP contribution in [0.2, 0.25) is 0 Å². The molecule has 2 aromatic carbocycles. The molecule has 0 radical (unpaired) electrons. The van der Waals surface area contributed by atoms with Crippen LogP contribution in [0.15, 0.2) is 53.6 Å². The minimum atomic E-state index is -0.508. The Balaban J connectivity index is 2.17. The van der Waals surface area contributed by atoms with E-state index in [-0.39, 0.29) is 28.2 Å². The van der Waals surface area contributed by atoms with Crippen LogP contribution in [0, 0.1) is 0 Å². The summed E-state index contributed by atoms with van der Waals surface area (Å²) in [5.74, 6) is -1.52. The Morgan fingerprint density at radius 3 is 1.90 bits per heavy atom. The molecular formula is C26H26O5. The van der Waals surface area contributed by atoms with Crippen LogP contribution in [0.25, 0.3) is 5.57 Å². The minimum absolute atomic E-state index is 0.0372. The summed E-state index contributed by atoms with van der Waals surface area (Å²) >= 11 is 0. The average Bonchev–Trinajstić information content (AvgIpc) is 2.68. The third kappa shape index (κ3) is 4.61. The van der Waals surface area contributed by atoms with E-state index < -0.39 is 17.3 Å². The van der Waals surface area contributed by atoms with Crippen LogP contribution in [0.3, 0.4) is 0 Å². The first kappa shape index (κ1) is 22.1. The fourth-order valence-electron chi connectivity index (χ4n) is 3.53. The number of benzene rings is 2. The Bertz CT molecular complexity index is 1130. The molecule has 0 spiro atoms. The molecule has 0 aliphatic heterocycles. The molecule has 0 unspecified atom stereocenters. The maximum Gasteiger partial charge on any atom is 0.194 e. The summed E-state index contributed by atoms with van der Waals surface area (Å²) in [6, 6.07) is 5.66. The zero-order valence-corrected chi connectivity index (χ0v) is 18.1. The molecule has 1 aliphatic carbocycles. The van der Waals surface area contributed by atoms with Gasteiger partial charge in [-0.05, 0) is 81.5 Å². The van der Waals surface area contributed by atoms with Gasteiger partial charge in [-0.1, -0.05) is 23.3 Å². The minimum Gasteiger partial charge on any atom is -0.508 e. The van der Waals surface area contributed by atoms with E-state index in [1.165, 1.54) is 12.1 Å². The van der Waals surface area contributed by atoms with Gasteiger partial charge in [-0.3, -0.25) is 9.59 Å². The summed E-state index contributed by atoms with van der Waals surface area (Å²) in [5.41, 5.74) is 4.03. The van der Waals surface area contributed by atoms with E-state index in [1.807, 2.05) is 39.8 Å². The van der Waals surface area contributed by atoms with Crippen molar-refractivity contribution in [2.24, 2.45) is 0 Å². The number of carbonyl (C=O) groups is 2. The van der Waals surface area contributed by atoms with E-state index in [0.717, 1.165) is 17.2 Å². The lowest BCUT2D eigenvalue weighted by atomic mass is 9.84. The molecule has 5 heteroatoms. The predicted octanol–water partition coefficient (Wildman–Crippen LogP) is 5.28. The molecule has 3 rings (SSSR count). The SMILES string of the molecule is CC(C)=CCc1cc(C2=CC(=O)c3c(O)cc(O)cc3C2=O)cc(CC=C(C)C)c1O. The standard InChI is InChI=1S/C26H26O5/c1-14(2)5-7-16-9-18(10-17(25(16)30)8-6-15(3)4)20-13-23(29)24-21(26(20)31)11-19(27)12-22(24)28/h5-6,9-13,27-28,30H,7-8H2,1-4H3. The van der Waals surface area contributed by atoms with E-state index >= 15 is 0 Å². The molecule has 31 heavy (non-hydrogen) atoms. The van der Waals surface area contributed by atoms with Crippen LogP contribution < -0.4 is 0 Å². The number of hydrogen-bond acceptors (Lipinski definition) is 5. The number of carbonyl (C=O) groups excluding carboxylic acids is 2. The fourth-order valence-corrected chi connectivity index (χ4v) is 3.53. The van der Waals surface area contributed by atoms with Crippen LogP contribution in [0.5, 0.6) is 17.2 Å². The number of rotatable bonds is 5. The lowest BCUT2D eigenvalue weighted by Crippen LogP contribution is -2.16. The van der Waals surface area contributed by atoms with Gasteiger partial charge in [0.2, 0.25) is 0 Å². The molecule has 0 heterocycles. The first-order valence-corrected chi connectivity index (χ1v) is 10.1. The predicted molar refractivity (Wildman–Crippen MR) is 121 cm³/mol. The van der Waals surface area contributed by atoms with Crippen molar-refractivity contribution in [2.75, 3.05) is 0 Å². The summed E-state index contributed by atoms with van der Waals surface area (Å²) in [6.07, 6.45) is 6.15. The zero-order valence-electron chi connectivity index (χ0n) is 18.1. The van der Waals surface area contributed by atoms with Crippen molar-refractivity contribution in [3.05, 3.63) is 81.5 Å². The molecule has 3 N–H and O–H groups in total. The molecule has 160 valence electrons. The monoisotopic (exact) mass is 418 g/mol. The molecule has 0 bridgehead atoms. The Hall–Kier alpha value is -3.60. The van der Waals surface area contributed by atoms with E-state index in [4.69, 9.17) is 0 Å². The number of fused-ring (bicyclic) bond motifs is 1. The van der Waals surface area contributed by atoms with Gasteiger partial charge in [0.1, 0.15) is 17.2 Å². The smallest absolute Gasteiger partial charge is 0.194 e. The summed E-state index contributed by atoms with van der Waals surface area (Å²) < 4.78 is 0. The van der Waals surface area contributed by atoms with E-state index in [9.17, 15) is 24.9 Å². The molecule has 0 atom stereocenters. The molecule has 0 aromatic heterocycles. The molecule has 0 fully saturated rings. The second-order valence-corrected chi connectivity index (χ2v) is 8.25. The van der Waals surface area contributed by atoms with Crippen molar-refractivity contribution in [3.63, 3.8) is 0 Å². The highest BCUT2D eigenvalue weighted by molar-refractivity contribution is 6.39. The maximum absolute atomic E-state index is 13.2. The summed E-state index contributed by atoms with van der Waals surface area (Å²) in [7, 11) is 0. The number of phenolic OH excluding ortho intramolecular Hbond substituents is 3. The molecule has 5 nitrogen and oxygen atoms in total. The Morgan fingerprint density at radius 1 is 0.839 bits per heavy atom. The summed E-state index contributed by atoms with van der Waals surface area (Å²) in [6.45, 7) is 7.86. The Kier molecular flexibility index (Phi) is 6.16. The van der Waals surface area contributed by atoms with Gasteiger partial charge in [0, 0.05) is 17.2 Å². The number of Topliss-reactive ketones (excluding diaryl/α,β-unsaturated/α-hetero) is 1. The third-order valence-electron chi connectivity index (χ3n) is 5.15. The second-order valence-electron chi connectivity index (χ2n) is 8.25. The number of aromatic hydroxyl groups is 3. The Morgan fingerprint density at radius 2 is 1.39 bits per heavy atom. The van der Waals surface area contributed by atoms with Crippen molar-refractivity contribution in [2.45, 2.75) is 40.5 Å². The van der Waals surface area contributed by atoms with E-state index in [2.05, 4.69) is 0 Å². The lowest BCUT2D eigenvalue weighted by molar-refractivity contribution is 0.0998. The van der Waals surface area contributed by atoms with Gasteiger partial charge in [0.25, 0.3) is 0 Å². The molecular weight excluding hydrogens is 392 g/mol. The summed E-state index contributed by atoms with van der Waals surface area (Å²) in [4.78, 5) is 25.9. The molecule has 0 saturated carbocycles. The van der Waals surface area contributed by atoms with Crippen LogP contribution in [-0.4, -0.2) is 26.9 Å². The topological polar surface area (TPSA) is 94.8 Å². The first-order chi connectivity index (χ1) is 14.6. The summed E-state index contributed by atoms with van der Waals surface area (Å²) in [5, 5.41) is 30.6. The van der Waals surface area contributed by atoms with E-state index in [1.54, 1.807) is 12.1 Å². The largest absolute Gasteiger partial charge is 0.508 e. The fraction of sp³-hybridized carbons (Fsp3) is 0.231. The normalized spacial score (nSPS) is 12.8. The van der Waals surface area contributed by atoms with Crippen LogP contribution in [0.4, 0.5) is 0 Å². The number of phenols is 3. The van der Waals surface area contributed by atoms with Crippen LogP contribution >= 0.6 is 0 Å². The van der Waals surface area contributed by atoms with Gasteiger partial charge in [-0.15, -0.1) is 0 Å². The highest BCUT2D eigenvalue weighted by Crippen LogP contribution is 2.37. The molecule has 0 amide bonds. The van der Waals surface area contributed by atoms with E-state index in [0.29, 0.717) is 29.5 Å². The first-order valence-electron chi connectivity index (χ1n) is 10.1. The maximum atomic E-state index is 13.2. The lowest BCUT2D eigenvalue weighted by Gasteiger charge is -2.19. The molecule has 2 aromatic rings. The van der Waals surface area contributed by atoms with Crippen LogP contribution in [-0.2, 0) is 12.8 Å². The second kappa shape index (κ2) is 8.64. The van der Waals surface area contributed by atoms with Crippen molar-refractivity contribution in [1.82, 2.24) is 0 Å². The number of hydrogen-bond donors (Lipinski definition) is 3. The Labute approximate surface area is 181 Å². The molecule has 1 aliphatic rings. The van der Waals surface area contributed by atoms with Crippen molar-refractivity contribution >= 4 is 17.1 Å². The van der Waals surface area contributed by atoms with Gasteiger partial charge < -0.3 is 15.3 Å². The van der Waals surface area contributed by atoms with Crippen molar-refractivity contribution in [1.29, 1.82) is 0 Å². The quantitative estimate of drug-likeness (QED) is 0.574. The number of allylic oxidation sites excluding steroid dienone is 6. The highest BCUT2D eigenvalue weighted by Gasteiger charge is 2.30. The third-order valence-corrected chi connectivity index (χ3v) is 5.15.